The van der Waals surface area contributed by atoms with E-state index in [1.165, 1.54) is 11.3 Å². The summed E-state index contributed by atoms with van der Waals surface area (Å²) in [5.74, 6) is -0.175. The largest absolute Gasteiger partial charge is 0.281 e. The summed E-state index contributed by atoms with van der Waals surface area (Å²) in [5.41, 5.74) is 5.14. The van der Waals surface area contributed by atoms with Crippen molar-refractivity contribution in [1.29, 1.82) is 0 Å². The van der Waals surface area contributed by atoms with Gasteiger partial charge in [-0.25, -0.2) is 5.43 Å². The van der Waals surface area contributed by atoms with Gasteiger partial charge in [0.05, 0.1) is 10.6 Å². The Labute approximate surface area is 109 Å². The fourth-order valence-corrected chi connectivity index (χ4v) is 2.25. The molecule has 0 atom stereocenters. The van der Waals surface area contributed by atoms with Crippen LogP contribution in [0.1, 0.15) is 27.7 Å². The van der Waals surface area contributed by atoms with Gasteiger partial charge in [0, 0.05) is 18.0 Å². The first-order valence-corrected chi connectivity index (χ1v) is 6.35. The summed E-state index contributed by atoms with van der Waals surface area (Å²) in [6.07, 6.45) is 3.41. The van der Waals surface area contributed by atoms with Crippen LogP contribution in [0.4, 0.5) is 0 Å². The zero-order valence-corrected chi connectivity index (χ0v) is 11.0. The molecule has 2 aromatic heterocycles. The molecule has 0 spiro atoms. The van der Waals surface area contributed by atoms with Crippen LogP contribution in [-0.4, -0.2) is 16.6 Å². The lowest BCUT2D eigenvalue weighted by Crippen LogP contribution is -2.19. The van der Waals surface area contributed by atoms with E-state index < -0.39 is 0 Å². The number of nitrogens with one attached hydrogen (secondary N) is 1. The number of thiophene rings is 1. The van der Waals surface area contributed by atoms with Gasteiger partial charge in [-0.1, -0.05) is 6.07 Å². The SMILES string of the molecule is C/C(=N/NC(=O)c1sccc1C)c1cccnc1. The van der Waals surface area contributed by atoms with Gasteiger partial charge in [-0.15, -0.1) is 11.3 Å². The third-order valence-corrected chi connectivity index (χ3v) is 3.49. The highest BCUT2D eigenvalue weighted by molar-refractivity contribution is 7.12. The lowest BCUT2D eigenvalue weighted by atomic mass is 10.2. The molecule has 0 fully saturated rings. The summed E-state index contributed by atoms with van der Waals surface area (Å²) < 4.78 is 0. The summed E-state index contributed by atoms with van der Waals surface area (Å²) in [6.45, 7) is 3.74. The van der Waals surface area contributed by atoms with E-state index in [-0.39, 0.29) is 5.91 Å². The normalized spacial score (nSPS) is 11.3. The van der Waals surface area contributed by atoms with E-state index in [1.54, 1.807) is 12.4 Å². The molecule has 1 N–H and O–H groups in total. The van der Waals surface area contributed by atoms with Crippen molar-refractivity contribution in [3.8, 4) is 0 Å². The van der Waals surface area contributed by atoms with Crippen molar-refractivity contribution in [2.45, 2.75) is 13.8 Å². The molecule has 0 bridgehead atoms. The molecule has 4 nitrogen and oxygen atoms in total. The molecule has 2 aromatic rings. The molecule has 0 aromatic carbocycles. The molecular weight excluding hydrogens is 246 g/mol. The topological polar surface area (TPSA) is 54.4 Å². The van der Waals surface area contributed by atoms with Gasteiger partial charge in [-0.2, -0.15) is 5.10 Å². The Bertz CT molecular complexity index is 575. The van der Waals surface area contributed by atoms with Crippen LogP contribution >= 0.6 is 11.3 Å². The minimum absolute atomic E-state index is 0.175. The van der Waals surface area contributed by atoms with E-state index in [9.17, 15) is 4.79 Å². The van der Waals surface area contributed by atoms with Crippen molar-refractivity contribution in [3.63, 3.8) is 0 Å². The minimum atomic E-state index is -0.175. The predicted octanol–water partition coefficient (Wildman–Crippen LogP) is 2.61. The van der Waals surface area contributed by atoms with Gasteiger partial charge >= 0.3 is 0 Å². The van der Waals surface area contributed by atoms with E-state index in [0.717, 1.165) is 16.8 Å². The first-order valence-electron chi connectivity index (χ1n) is 5.47. The van der Waals surface area contributed by atoms with Crippen molar-refractivity contribution in [1.82, 2.24) is 10.4 Å². The van der Waals surface area contributed by atoms with Crippen molar-refractivity contribution in [3.05, 3.63) is 52.0 Å². The summed E-state index contributed by atoms with van der Waals surface area (Å²) in [7, 11) is 0. The molecule has 0 aliphatic heterocycles. The van der Waals surface area contributed by atoms with Gasteiger partial charge in [-0.05, 0) is 36.9 Å². The monoisotopic (exact) mass is 259 g/mol. The van der Waals surface area contributed by atoms with E-state index in [4.69, 9.17) is 0 Å². The van der Waals surface area contributed by atoms with Crippen molar-refractivity contribution < 1.29 is 4.79 Å². The Morgan fingerprint density at radius 1 is 1.44 bits per heavy atom. The third-order valence-electron chi connectivity index (χ3n) is 2.47. The first kappa shape index (κ1) is 12.4. The molecule has 2 heterocycles. The number of carbonyl (C=O) groups excluding carboxylic acids is 1. The molecule has 0 saturated carbocycles. The smallest absolute Gasteiger partial charge is 0.266 e. The summed E-state index contributed by atoms with van der Waals surface area (Å²) in [4.78, 5) is 16.5. The summed E-state index contributed by atoms with van der Waals surface area (Å²) in [6, 6.07) is 5.64. The van der Waals surface area contributed by atoms with Gasteiger partial charge in [-0.3, -0.25) is 9.78 Å². The highest BCUT2D eigenvalue weighted by Crippen LogP contribution is 2.14. The lowest BCUT2D eigenvalue weighted by molar-refractivity contribution is 0.0958. The van der Waals surface area contributed by atoms with Crippen LogP contribution < -0.4 is 5.43 Å². The van der Waals surface area contributed by atoms with E-state index >= 15 is 0 Å². The molecule has 0 radical (unpaired) electrons. The van der Waals surface area contributed by atoms with Gasteiger partial charge in [0.2, 0.25) is 0 Å². The number of amides is 1. The number of hydrazone groups is 1. The average Bonchev–Trinajstić information content (AvgIpc) is 2.83. The van der Waals surface area contributed by atoms with Crippen LogP contribution in [0.15, 0.2) is 41.1 Å². The number of pyridine rings is 1. The van der Waals surface area contributed by atoms with E-state index in [0.29, 0.717) is 4.88 Å². The fourth-order valence-electron chi connectivity index (χ4n) is 1.43. The average molecular weight is 259 g/mol. The van der Waals surface area contributed by atoms with Crippen LogP contribution in [0.3, 0.4) is 0 Å². The van der Waals surface area contributed by atoms with Gasteiger partial charge in [0.25, 0.3) is 5.91 Å². The van der Waals surface area contributed by atoms with Crippen LogP contribution in [0, 0.1) is 6.92 Å². The molecule has 0 saturated heterocycles. The second kappa shape index (κ2) is 5.55. The zero-order valence-electron chi connectivity index (χ0n) is 10.2. The zero-order chi connectivity index (χ0) is 13.0. The molecule has 0 unspecified atom stereocenters. The number of aromatic nitrogens is 1. The van der Waals surface area contributed by atoms with Crippen LogP contribution in [-0.2, 0) is 0 Å². The number of hydrogen-bond donors (Lipinski definition) is 1. The quantitative estimate of drug-likeness (QED) is 0.680. The third kappa shape index (κ3) is 2.81. The van der Waals surface area contributed by atoms with Gasteiger partial charge < -0.3 is 0 Å². The fraction of sp³-hybridized carbons (Fsp3) is 0.154. The van der Waals surface area contributed by atoms with Crippen LogP contribution in [0.25, 0.3) is 0 Å². The molecule has 0 aliphatic carbocycles. The van der Waals surface area contributed by atoms with E-state index in [2.05, 4.69) is 15.5 Å². The summed E-state index contributed by atoms with van der Waals surface area (Å²) in [5, 5.41) is 5.97. The van der Waals surface area contributed by atoms with E-state index in [1.807, 2.05) is 37.4 Å². The van der Waals surface area contributed by atoms with Crippen molar-refractivity contribution in [2.24, 2.45) is 5.10 Å². The molecular formula is C13H13N3OS. The molecule has 92 valence electrons. The van der Waals surface area contributed by atoms with Gasteiger partial charge in [0.15, 0.2) is 0 Å². The number of nitrogens with zero attached hydrogens (tertiary/aromatic N) is 2. The maximum absolute atomic E-state index is 11.8. The molecule has 0 aliphatic rings. The Hall–Kier alpha value is -2.01. The highest BCUT2D eigenvalue weighted by Gasteiger charge is 2.09. The van der Waals surface area contributed by atoms with Crippen LogP contribution in [0.2, 0.25) is 0 Å². The molecule has 5 heteroatoms. The number of hydrogen-bond acceptors (Lipinski definition) is 4. The Kier molecular flexibility index (Phi) is 3.84. The standard InChI is InChI=1S/C13H13N3OS/c1-9-5-7-18-12(9)13(17)16-15-10(2)11-4-3-6-14-8-11/h3-8H,1-2H3,(H,16,17)/b15-10-. The highest BCUT2D eigenvalue weighted by atomic mass is 32.1. The maximum Gasteiger partial charge on any atom is 0.281 e. The second-order valence-corrected chi connectivity index (χ2v) is 4.73. The first-order chi connectivity index (χ1) is 8.68. The van der Waals surface area contributed by atoms with Crippen LogP contribution in [0.5, 0.6) is 0 Å². The second-order valence-electron chi connectivity index (χ2n) is 3.81. The molecule has 18 heavy (non-hydrogen) atoms. The Balaban J connectivity index is 2.08. The lowest BCUT2D eigenvalue weighted by Gasteiger charge is -2.01. The predicted molar refractivity (Wildman–Crippen MR) is 73.0 cm³/mol. The number of rotatable bonds is 3. The molecule has 2 rings (SSSR count). The van der Waals surface area contributed by atoms with Gasteiger partial charge in [0.1, 0.15) is 0 Å². The van der Waals surface area contributed by atoms with Crippen molar-refractivity contribution in [2.75, 3.05) is 0 Å². The molecule has 1 amide bonds. The minimum Gasteiger partial charge on any atom is -0.266 e. The van der Waals surface area contributed by atoms with Crippen molar-refractivity contribution >= 4 is 23.0 Å². The number of aryl methyl sites for hydroxylation is 1. The maximum atomic E-state index is 11.8. The number of carbonyl (C=O) groups is 1. The Morgan fingerprint density at radius 3 is 2.89 bits per heavy atom. The Morgan fingerprint density at radius 2 is 2.28 bits per heavy atom. The summed E-state index contributed by atoms with van der Waals surface area (Å²) >= 11 is 1.41.